The molecule has 1 saturated carbocycles. The van der Waals surface area contributed by atoms with Crippen molar-refractivity contribution in [2.45, 2.75) is 30.6 Å². The second-order valence-electron chi connectivity index (χ2n) is 3.60. The summed E-state index contributed by atoms with van der Waals surface area (Å²) in [6.07, 6.45) is 6.18. The van der Waals surface area contributed by atoms with Crippen LogP contribution in [-0.2, 0) is 4.74 Å². The first kappa shape index (κ1) is 12.3. The van der Waals surface area contributed by atoms with Crippen LogP contribution >= 0.6 is 11.8 Å². The maximum atomic E-state index is 8.51. The lowest BCUT2D eigenvalue weighted by molar-refractivity contribution is 0.0927. The van der Waals surface area contributed by atoms with E-state index in [1.807, 2.05) is 11.8 Å². The highest BCUT2D eigenvalue weighted by Gasteiger charge is 2.25. The monoisotopic (exact) mass is 219 g/mol. The summed E-state index contributed by atoms with van der Waals surface area (Å²) in [5.74, 6) is 0. The number of aliphatic hydroxyl groups is 1. The molecular weight excluding hydrogens is 198 g/mol. The number of rotatable bonds is 7. The van der Waals surface area contributed by atoms with Crippen LogP contribution < -0.4 is 5.32 Å². The van der Waals surface area contributed by atoms with E-state index in [0.717, 1.165) is 11.8 Å². The normalized spacial score (nSPS) is 27.0. The zero-order valence-corrected chi connectivity index (χ0v) is 9.68. The zero-order valence-electron chi connectivity index (χ0n) is 8.87. The fourth-order valence-corrected chi connectivity index (χ4v) is 2.89. The van der Waals surface area contributed by atoms with Crippen LogP contribution in [0, 0.1) is 0 Å². The highest BCUT2D eigenvalue weighted by Crippen LogP contribution is 2.27. The van der Waals surface area contributed by atoms with Crippen molar-refractivity contribution in [3.05, 3.63) is 0 Å². The van der Waals surface area contributed by atoms with E-state index in [4.69, 9.17) is 9.84 Å². The molecule has 1 rings (SSSR count). The Hall–Kier alpha value is 0.230. The predicted molar refractivity (Wildman–Crippen MR) is 60.8 cm³/mol. The molecule has 84 valence electrons. The van der Waals surface area contributed by atoms with Crippen LogP contribution in [0.25, 0.3) is 0 Å². The van der Waals surface area contributed by atoms with Crippen molar-refractivity contribution in [1.29, 1.82) is 0 Å². The molecule has 0 bridgehead atoms. The van der Waals surface area contributed by atoms with Crippen molar-refractivity contribution in [3.8, 4) is 0 Å². The van der Waals surface area contributed by atoms with Gasteiger partial charge in [-0.3, -0.25) is 0 Å². The molecule has 0 aromatic heterocycles. The maximum absolute atomic E-state index is 8.51. The van der Waals surface area contributed by atoms with Gasteiger partial charge < -0.3 is 15.2 Å². The molecule has 1 fully saturated rings. The third-order valence-corrected chi connectivity index (χ3v) is 3.81. The van der Waals surface area contributed by atoms with E-state index in [2.05, 4.69) is 11.6 Å². The summed E-state index contributed by atoms with van der Waals surface area (Å²) >= 11 is 1.97. The zero-order chi connectivity index (χ0) is 10.2. The van der Waals surface area contributed by atoms with Crippen molar-refractivity contribution < 1.29 is 9.84 Å². The lowest BCUT2D eigenvalue weighted by Gasteiger charge is -2.18. The molecule has 4 heteroatoms. The van der Waals surface area contributed by atoms with Crippen molar-refractivity contribution in [1.82, 2.24) is 5.32 Å². The van der Waals surface area contributed by atoms with Gasteiger partial charge in [0.2, 0.25) is 0 Å². The van der Waals surface area contributed by atoms with E-state index in [1.54, 1.807) is 0 Å². The van der Waals surface area contributed by atoms with Crippen LogP contribution in [-0.4, -0.2) is 49.0 Å². The molecule has 1 aliphatic rings. The van der Waals surface area contributed by atoms with Crippen molar-refractivity contribution in [3.63, 3.8) is 0 Å². The molecule has 0 aromatic carbocycles. The van der Waals surface area contributed by atoms with Gasteiger partial charge in [0.25, 0.3) is 0 Å². The summed E-state index contributed by atoms with van der Waals surface area (Å²) in [4.78, 5) is 0. The second-order valence-corrected chi connectivity index (χ2v) is 4.68. The molecule has 0 amide bonds. The highest BCUT2D eigenvalue weighted by molar-refractivity contribution is 7.99. The van der Waals surface area contributed by atoms with E-state index in [1.165, 1.54) is 19.3 Å². The average molecular weight is 219 g/mol. The highest BCUT2D eigenvalue weighted by atomic mass is 32.2. The molecule has 0 heterocycles. The molecule has 0 saturated heterocycles. The van der Waals surface area contributed by atoms with Gasteiger partial charge in [0.1, 0.15) is 0 Å². The predicted octanol–water partition coefficient (Wildman–Crippen LogP) is 0.869. The second kappa shape index (κ2) is 7.51. The van der Waals surface area contributed by atoms with Gasteiger partial charge in [-0.1, -0.05) is 6.42 Å². The van der Waals surface area contributed by atoms with Gasteiger partial charge in [0.05, 0.1) is 19.8 Å². The number of hydrogen-bond donors (Lipinski definition) is 2. The molecule has 14 heavy (non-hydrogen) atoms. The van der Waals surface area contributed by atoms with Gasteiger partial charge in [-0.2, -0.15) is 11.8 Å². The summed E-state index contributed by atoms with van der Waals surface area (Å²) in [7, 11) is 0. The summed E-state index contributed by atoms with van der Waals surface area (Å²) in [5.41, 5.74) is 0. The summed E-state index contributed by atoms with van der Waals surface area (Å²) in [6, 6.07) is 0.669. The van der Waals surface area contributed by atoms with Crippen molar-refractivity contribution in [2.24, 2.45) is 0 Å². The molecule has 2 atom stereocenters. The number of thioether (sulfide) groups is 1. The van der Waals surface area contributed by atoms with Crippen LogP contribution in [0.1, 0.15) is 19.3 Å². The molecule has 3 nitrogen and oxygen atoms in total. The van der Waals surface area contributed by atoms with E-state index >= 15 is 0 Å². The quantitative estimate of drug-likeness (QED) is 0.623. The number of ether oxygens (including phenoxy) is 1. The third-order valence-electron chi connectivity index (χ3n) is 2.64. The Morgan fingerprint density at radius 3 is 3.00 bits per heavy atom. The Kier molecular flexibility index (Phi) is 6.60. The first-order valence-electron chi connectivity index (χ1n) is 5.33. The van der Waals surface area contributed by atoms with Gasteiger partial charge in [-0.05, 0) is 19.1 Å². The van der Waals surface area contributed by atoms with Crippen LogP contribution in [0.4, 0.5) is 0 Å². The summed E-state index contributed by atoms with van der Waals surface area (Å²) < 4.78 is 5.19. The van der Waals surface area contributed by atoms with Crippen LogP contribution in [0.15, 0.2) is 0 Å². The Morgan fingerprint density at radius 1 is 1.43 bits per heavy atom. The minimum Gasteiger partial charge on any atom is -0.394 e. The molecular formula is C10H21NO2S. The molecule has 0 spiro atoms. The molecule has 0 radical (unpaired) electrons. The molecule has 2 unspecified atom stereocenters. The van der Waals surface area contributed by atoms with Crippen molar-refractivity contribution >= 4 is 11.8 Å². The smallest absolute Gasteiger partial charge is 0.0698 e. The minimum atomic E-state index is 0.122. The van der Waals surface area contributed by atoms with Crippen LogP contribution in [0.3, 0.4) is 0 Å². The van der Waals surface area contributed by atoms with Gasteiger partial charge >= 0.3 is 0 Å². The Balaban J connectivity index is 2.00. The lowest BCUT2D eigenvalue weighted by atomic mass is 10.2. The van der Waals surface area contributed by atoms with Crippen LogP contribution in [0.2, 0.25) is 0 Å². The Morgan fingerprint density at radius 2 is 2.29 bits per heavy atom. The van der Waals surface area contributed by atoms with Gasteiger partial charge in [0.15, 0.2) is 0 Å². The molecule has 0 aromatic rings. The Bertz CT molecular complexity index is 146. The standard InChI is InChI=1S/C10H21NO2S/c1-14-10-4-2-3-9(10)11-5-7-13-8-6-12/h9-12H,2-8H2,1H3. The molecule has 1 aliphatic carbocycles. The van der Waals surface area contributed by atoms with E-state index < -0.39 is 0 Å². The number of aliphatic hydroxyl groups excluding tert-OH is 1. The summed E-state index contributed by atoms with van der Waals surface area (Å²) in [5, 5.41) is 12.8. The Labute approximate surface area is 90.6 Å². The molecule has 2 N–H and O–H groups in total. The fraction of sp³-hybridized carbons (Fsp3) is 1.00. The van der Waals surface area contributed by atoms with Gasteiger partial charge in [-0.15, -0.1) is 0 Å². The first-order valence-corrected chi connectivity index (χ1v) is 6.62. The lowest BCUT2D eigenvalue weighted by Crippen LogP contribution is -2.36. The maximum Gasteiger partial charge on any atom is 0.0698 e. The average Bonchev–Trinajstić information content (AvgIpc) is 2.65. The van der Waals surface area contributed by atoms with Crippen LogP contribution in [0.5, 0.6) is 0 Å². The SMILES string of the molecule is CSC1CCCC1NCCOCCO. The summed E-state index contributed by atoms with van der Waals surface area (Å²) in [6.45, 7) is 2.19. The van der Waals surface area contributed by atoms with Crippen molar-refractivity contribution in [2.75, 3.05) is 32.6 Å². The third kappa shape index (κ3) is 4.17. The fourth-order valence-electron chi connectivity index (χ4n) is 1.92. The van der Waals surface area contributed by atoms with E-state index in [0.29, 0.717) is 19.3 Å². The topological polar surface area (TPSA) is 41.5 Å². The van der Waals surface area contributed by atoms with Gasteiger partial charge in [0, 0.05) is 17.8 Å². The number of hydrogen-bond acceptors (Lipinski definition) is 4. The largest absolute Gasteiger partial charge is 0.394 e. The first-order chi connectivity index (χ1) is 6.88. The molecule has 0 aliphatic heterocycles. The van der Waals surface area contributed by atoms with E-state index in [9.17, 15) is 0 Å². The minimum absolute atomic E-state index is 0.122. The van der Waals surface area contributed by atoms with E-state index in [-0.39, 0.29) is 6.61 Å². The van der Waals surface area contributed by atoms with Gasteiger partial charge in [-0.25, -0.2) is 0 Å². The number of nitrogens with one attached hydrogen (secondary N) is 1.